The minimum absolute atomic E-state index is 0.138. The lowest BCUT2D eigenvalue weighted by molar-refractivity contribution is -0.784. The minimum Gasteiger partial charge on any atom is -0.192 e. The molecule has 1 heteroatoms. The summed E-state index contributed by atoms with van der Waals surface area (Å²) in [6.45, 7) is 18.8. The highest BCUT2D eigenvalue weighted by atomic mass is 15.1. The third-order valence-corrected chi connectivity index (χ3v) is 7.56. The van der Waals surface area contributed by atoms with Crippen molar-refractivity contribution in [1.82, 2.24) is 0 Å². The number of rotatable bonds is 8. The molecular weight excluding hydrogens is 326 g/mol. The number of hydrogen-bond donors (Lipinski definition) is 0. The minimum atomic E-state index is 0.138. The van der Waals surface area contributed by atoms with Crippen molar-refractivity contribution in [2.45, 2.75) is 106 Å². The molecule has 1 aliphatic rings. The Labute approximate surface area is 168 Å². The maximum Gasteiger partial charge on any atom is 0.212 e. The molecule has 0 aromatic carbocycles. The van der Waals surface area contributed by atoms with Gasteiger partial charge in [-0.25, -0.2) is 0 Å². The van der Waals surface area contributed by atoms with E-state index in [0.29, 0.717) is 0 Å². The lowest BCUT2D eigenvalue weighted by Gasteiger charge is -2.48. The molecule has 1 atom stereocenters. The molecule has 2 heterocycles. The first kappa shape index (κ1) is 21.9. The van der Waals surface area contributed by atoms with Crippen LogP contribution >= 0.6 is 0 Å². The van der Waals surface area contributed by atoms with E-state index in [1.54, 1.807) is 11.1 Å². The number of hydrogen-bond acceptors (Lipinski definition) is 0. The van der Waals surface area contributed by atoms with Gasteiger partial charge < -0.3 is 0 Å². The Morgan fingerprint density at radius 3 is 2.19 bits per heavy atom. The van der Waals surface area contributed by atoms with Crippen LogP contribution in [-0.2, 0) is 12.0 Å². The van der Waals surface area contributed by atoms with Crippen LogP contribution in [0.3, 0.4) is 0 Å². The first-order chi connectivity index (χ1) is 12.9. The summed E-state index contributed by atoms with van der Waals surface area (Å²) in [4.78, 5) is 0. The van der Waals surface area contributed by atoms with Gasteiger partial charge in [0.2, 0.25) is 5.69 Å². The Balaban J connectivity index is 2.94. The van der Waals surface area contributed by atoms with E-state index in [9.17, 15) is 0 Å². The molecule has 1 nitrogen and oxygen atoms in total. The lowest BCUT2D eigenvalue weighted by Crippen LogP contribution is -2.68. The van der Waals surface area contributed by atoms with Gasteiger partial charge in [-0.15, -0.1) is 0 Å². The van der Waals surface area contributed by atoms with Gasteiger partial charge in [-0.3, -0.25) is 0 Å². The van der Waals surface area contributed by atoms with Crippen molar-refractivity contribution in [2.75, 3.05) is 0 Å². The van der Waals surface area contributed by atoms with Gasteiger partial charge in [-0.1, -0.05) is 53.2 Å². The zero-order valence-electron chi connectivity index (χ0n) is 19.2. The van der Waals surface area contributed by atoms with Crippen molar-refractivity contribution in [3.8, 4) is 0 Å². The summed E-state index contributed by atoms with van der Waals surface area (Å²) in [6.07, 6.45) is 15.4. The second-order valence-corrected chi connectivity index (χ2v) is 8.46. The van der Waals surface area contributed by atoms with Crippen LogP contribution in [0.1, 0.15) is 104 Å². The SMILES string of the molecule is CC=CC1=C(CC)c2c(C)c(CCCC)cc[n+]2C(CC)(CC)C1(C)CC. The van der Waals surface area contributed by atoms with Crippen molar-refractivity contribution < 1.29 is 4.57 Å². The highest BCUT2D eigenvalue weighted by Gasteiger charge is 2.58. The molecule has 0 spiro atoms. The van der Waals surface area contributed by atoms with Crippen molar-refractivity contribution in [3.05, 3.63) is 46.8 Å². The first-order valence-electron chi connectivity index (χ1n) is 11.3. The van der Waals surface area contributed by atoms with E-state index in [1.807, 2.05) is 0 Å². The normalized spacial score (nSPS) is 21.8. The molecule has 0 amide bonds. The van der Waals surface area contributed by atoms with E-state index < -0.39 is 0 Å². The van der Waals surface area contributed by atoms with Gasteiger partial charge in [0.15, 0.2) is 11.7 Å². The van der Waals surface area contributed by atoms with Gasteiger partial charge in [0, 0.05) is 30.0 Å². The summed E-state index contributed by atoms with van der Waals surface area (Å²) in [6, 6.07) is 2.42. The zero-order chi connectivity index (χ0) is 20.2. The van der Waals surface area contributed by atoms with Crippen LogP contribution in [0.15, 0.2) is 30.0 Å². The largest absolute Gasteiger partial charge is 0.212 e. The second-order valence-electron chi connectivity index (χ2n) is 8.46. The summed E-state index contributed by atoms with van der Waals surface area (Å²) >= 11 is 0. The molecule has 150 valence electrons. The van der Waals surface area contributed by atoms with Gasteiger partial charge in [-0.2, -0.15) is 4.57 Å². The summed E-state index contributed by atoms with van der Waals surface area (Å²) in [7, 11) is 0. The average molecular weight is 369 g/mol. The number of pyridine rings is 1. The highest BCUT2D eigenvalue weighted by molar-refractivity contribution is 5.72. The number of fused-ring (bicyclic) bond motifs is 1. The summed E-state index contributed by atoms with van der Waals surface area (Å²) in [5.74, 6) is 0. The number of nitrogens with zero attached hydrogens (tertiary/aromatic N) is 1. The van der Waals surface area contributed by atoms with E-state index in [2.05, 4.69) is 84.4 Å². The standard InChI is InChI=1S/C26H42N/c1-9-15-17-21-18-19-27-24(20(21)7)22(11-3)23(16-10-2)25(8,12-4)26(27,13-5)14-6/h10,16,18-19H,9,11-15,17H2,1-8H3/q+1. The van der Waals surface area contributed by atoms with Crippen molar-refractivity contribution in [3.63, 3.8) is 0 Å². The molecule has 1 aliphatic heterocycles. The van der Waals surface area contributed by atoms with E-state index in [-0.39, 0.29) is 11.0 Å². The molecule has 1 unspecified atom stereocenters. The fourth-order valence-corrected chi connectivity index (χ4v) is 5.74. The average Bonchev–Trinajstić information content (AvgIpc) is 2.69. The summed E-state index contributed by atoms with van der Waals surface area (Å²) < 4.78 is 2.69. The Hall–Kier alpha value is -1.37. The van der Waals surface area contributed by atoms with Crippen LogP contribution in [0.2, 0.25) is 0 Å². The van der Waals surface area contributed by atoms with Crippen molar-refractivity contribution in [1.29, 1.82) is 0 Å². The lowest BCUT2D eigenvalue weighted by atomic mass is 9.58. The summed E-state index contributed by atoms with van der Waals surface area (Å²) in [5, 5.41) is 0. The quantitative estimate of drug-likeness (QED) is 0.423. The number of allylic oxidation sites excluding steroid dienone is 4. The molecule has 0 saturated carbocycles. The van der Waals surface area contributed by atoms with Gasteiger partial charge in [0.1, 0.15) is 0 Å². The van der Waals surface area contributed by atoms with Gasteiger partial charge >= 0.3 is 0 Å². The molecule has 0 bridgehead atoms. The topological polar surface area (TPSA) is 3.88 Å². The Morgan fingerprint density at radius 1 is 1.04 bits per heavy atom. The first-order valence-corrected chi connectivity index (χ1v) is 11.3. The van der Waals surface area contributed by atoms with Gasteiger partial charge in [0.25, 0.3) is 0 Å². The predicted octanol–water partition coefficient (Wildman–Crippen LogP) is 7.31. The summed E-state index contributed by atoms with van der Waals surface area (Å²) in [5.41, 5.74) is 7.99. The Morgan fingerprint density at radius 2 is 1.70 bits per heavy atom. The Kier molecular flexibility index (Phi) is 7.11. The predicted molar refractivity (Wildman–Crippen MR) is 119 cm³/mol. The Bertz CT molecular complexity index is 718. The van der Waals surface area contributed by atoms with Crippen molar-refractivity contribution >= 4 is 5.57 Å². The molecular formula is C26H42N+. The van der Waals surface area contributed by atoms with Crippen molar-refractivity contribution in [2.24, 2.45) is 5.41 Å². The van der Waals surface area contributed by atoms with Crippen LogP contribution in [-0.4, -0.2) is 0 Å². The maximum atomic E-state index is 2.69. The molecule has 0 saturated heterocycles. The third-order valence-electron chi connectivity index (χ3n) is 7.56. The smallest absolute Gasteiger partial charge is 0.192 e. The van der Waals surface area contributed by atoms with E-state index in [0.717, 1.165) is 19.3 Å². The molecule has 0 aliphatic carbocycles. The number of aromatic nitrogens is 1. The van der Waals surface area contributed by atoms with Crippen LogP contribution < -0.4 is 4.57 Å². The van der Waals surface area contributed by atoms with Crippen LogP contribution in [0.25, 0.3) is 5.57 Å². The van der Waals surface area contributed by atoms with Gasteiger partial charge in [-0.05, 0) is 57.6 Å². The molecule has 27 heavy (non-hydrogen) atoms. The highest BCUT2D eigenvalue weighted by Crippen LogP contribution is 2.54. The van der Waals surface area contributed by atoms with Gasteiger partial charge in [0.05, 0.1) is 5.41 Å². The second kappa shape index (κ2) is 8.76. The van der Waals surface area contributed by atoms with E-state index in [1.165, 1.54) is 42.5 Å². The molecule has 0 radical (unpaired) electrons. The van der Waals surface area contributed by atoms with Crippen LogP contribution in [0.5, 0.6) is 0 Å². The molecule has 1 aromatic heterocycles. The fourth-order valence-electron chi connectivity index (χ4n) is 5.74. The monoisotopic (exact) mass is 368 g/mol. The molecule has 2 rings (SSSR count). The maximum absolute atomic E-state index is 2.69. The molecule has 1 aromatic rings. The van der Waals surface area contributed by atoms with Crippen LogP contribution in [0, 0.1) is 12.3 Å². The molecule has 0 fully saturated rings. The van der Waals surface area contributed by atoms with Crippen LogP contribution in [0.4, 0.5) is 0 Å². The van der Waals surface area contributed by atoms with E-state index in [4.69, 9.17) is 0 Å². The number of aryl methyl sites for hydroxylation is 1. The van der Waals surface area contributed by atoms with E-state index >= 15 is 0 Å². The molecule has 0 N–H and O–H groups in total. The number of unbranched alkanes of at least 4 members (excludes halogenated alkanes) is 1. The zero-order valence-corrected chi connectivity index (χ0v) is 19.2. The fraction of sp³-hybridized carbons (Fsp3) is 0.654. The third kappa shape index (κ3) is 3.22.